The Morgan fingerprint density at radius 1 is 1.07 bits per heavy atom. The van der Waals surface area contributed by atoms with Gasteiger partial charge in [0.2, 0.25) is 0 Å². The minimum absolute atomic E-state index is 0.177. The molecule has 0 bridgehead atoms. The molecule has 0 fully saturated rings. The molecule has 3 aromatic rings. The zero-order valence-corrected chi connectivity index (χ0v) is 20.2. The van der Waals surface area contributed by atoms with Crippen LogP contribution in [0.3, 0.4) is 0 Å². The average Bonchev–Trinajstić information content (AvgIpc) is 2.68. The topological polar surface area (TPSA) is 59.9 Å². The van der Waals surface area contributed by atoms with Crippen LogP contribution in [0.25, 0.3) is 10.8 Å². The summed E-state index contributed by atoms with van der Waals surface area (Å²) in [7, 11) is 0. The van der Waals surface area contributed by atoms with Crippen molar-refractivity contribution in [1.29, 1.82) is 0 Å². The lowest BCUT2D eigenvalue weighted by molar-refractivity contribution is -0.123. The Labute approximate surface area is 193 Å². The number of hydrogen-bond acceptors (Lipinski definition) is 4. The Kier molecular flexibility index (Phi) is 7.69. The summed E-state index contributed by atoms with van der Waals surface area (Å²) in [6.07, 6.45) is 1.59. The van der Waals surface area contributed by atoms with Gasteiger partial charge >= 0.3 is 0 Å². The van der Waals surface area contributed by atoms with Crippen molar-refractivity contribution in [3.8, 4) is 11.5 Å². The third kappa shape index (κ3) is 5.58. The van der Waals surface area contributed by atoms with E-state index in [4.69, 9.17) is 9.47 Å². The molecule has 3 rings (SSSR count). The minimum Gasteiger partial charge on any atom is -0.493 e. The fourth-order valence-electron chi connectivity index (χ4n) is 2.70. The second-order valence-electron chi connectivity index (χ2n) is 5.91. The van der Waals surface area contributed by atoms with Crippen molar-refractivity contribution in [2.45, 2.75) is 6.92 Å². The molecule has 5 nitrogen and oxygen atoms in total. The second-order valence-corrected chi connectivity index (χ2v) is 8.54. The summed E-state index contributed by atoms with van der Waals surface area (Å²) in [4.78, 5) is 12.1. The van der Waals surface area contributed by atoms with Gasteiger partial charge in [-0.25, -0.2) is 5.43 Å². The molecule has 0 aliphatic rings. The molecule has 0 heterocycles. The molecule has 0 saturated heterocycles. The van der Waals surface area contributed by atoms with Crippen LogP contribution in [0.15, 0.2) is 67.1 Å². The fourth-order valence-corrected chi connectivity index (χ4v) is 5.18. The van der Waals surface area contributed by atoms with Crippen molar-refractivity contribution >= 4 is 70.7 Å². The largest absolute Gasteiger partial charge is 0.493 e. The van der Waals surface area contributed by atoms with Gasteiger partial charge in [0.05, 0.1) is 21.8 Å². The molecule has 0 unspecified atom stereocenters. The van der Waals surface area contributed by atoms with Gasteiger partial charge in [-0.3, -0.25) is 4.79 Å². The van der Waals surface area contributed by atoms with Gasteiger partial charge in [0.15, 0.2) is 6.61 Å². The highest BCUT2D eigenvalue weighted by Crippen LogP contribution is 2.36. The molecule has 0 spiro atoms. The first-order valence-electron chi connectivity index (χ1n) is 8.73. The van der Waals surface area contributed by atoms with Crippen LogP contribution in [-0.2, 0) is 4.79 Å². The van der Waals surface area contributed by atoms with Crippen molar-refractivity contribution in [3.05, 3.63) is 67.5 Å². The Bertz CT molecular complexity index is 1050. The summed E-state index contributed by atoms with van der Waals surface area (Å²) in [6.45, 7) is 2.29. The van der Waals surface area contributed by atoms with Gasteiger partial charge in [0, 0.05) is 10.0 Å². The summed E-state index contributed by atoms with van der Waals surface area (Å²) in [5, 5.41) is 6.15. The van der Waals surface area contributed by atoms with Gasteiger partial charge in [0.1, 0.15) is 11.5 Å². The van der Waals surface area contributed by atoms with E-state index in [1.165, 1.54) is 0 Å². The summed E-state index contributed by atoms with van der Waals surface area (Å²) in [6, 6.07) is 15.5. The third-order valence-electron chi connectivity index (χ3n) is 3.92. The monoisotopic (exact) mass is 582 g/mol. The zero-order valence-electron chi connectivity index (χ0n) is 15.4. The van der Waals surface area contributed by atoms with E-state index >= 15 is 0 Å². The van der Waals surface area contributed by atoms with Gasteiger partial charge < -0.3 is 9.47 Å². The Morgan fingerprint density at radius 2 is 1.79 bits per heavy atom. The van der Waals surface area contributed by atoms with Crippen LogP contribution in [0.5, 0.6) is 11.5 Å². The highest BCUT2D eigenvalue weighted by atomic mass is 79.9. The standard InChI is InChI=1S/C21H17Br3N2O3/c1-2-28-19-8-7-13-5-3-4-6-15(13)16(19)11-25-26-20(27)12-29-21-17(23)9-14(22)10-18(21)24/h3-11H,2,12H2,1H3,(H,26,27). The van der Waals surface area contributed by atoms with Gasteiger partial charge in [-0.15, -0.1) is 0 Å². The molecule has 0 aliphatic heterocycles. The molecular formula is C21H17Br3N2O3. The molecule has 0 saturated carbocycles. The molecule has 0 aromatic heterocycles. The van der Waals surface area contributed by atoms with Crippen molar-refractivity contribution < 1.29 is 14.3 Å². The maximum atomic E-state index is 12.1. The molecule has 29 heavy (non-hydrogen) atoms. The number of fused-ring (bicyclic) bond motifs is 1. The maximum absolute atomic E-state index is 12.1. The molecule has 3 aromatic carbocycles. The predicted molar refractivity (Wildman–Crippen MR) is 126 cm³/mol. The van der Waals surface area contributed by atoms with Crippen molar-refractivity contribution in [2.24, 2.45) is 5.10 Å². The highest BCUT2D eigenvalue weighted by Gasteiger charge is 2.11. The fraction of sp³-hybridized carbons (Fsp3) is 0.143. The third-order valence-corrected chi connectivity index (χ3v) is 5.56. The van der Waals surface area contributed by atoms with E-state index in [0.29, 0.717) is 18.1 Å². The second kappa shape index (κ2) is 10.2. The van der Waals surface area contributed by atoms with Crippen LogP contribution in [0.2, 0.25) is 0 Å². The van der Waals surface area contributed by atoms with Gasteiger partial charge in [-0.2, -0.15) is 5.10 Å². The lowest BCUT2D eigenvalue weighted by atomic mass is 10.0. The lowest BCUT2D eigenvalue weighted by Gasteiger charge is -2.11. The van der Waals surface area contributed by atoms with Crippen molar-refractivity contribution in [2.75, 3.05) is 13.2 Å². The maximum Gasteiger partial charge on any atom is 0.277 e. The Balaban J connectivity index is 1.70. The number of hydrogen-bond donors (Lipinski definition) is 1. The van der Waals surface area contributed by atoms with Crippen molar-refractivity contribution in [1.82, 2.24) is 5.43 Å². The highest BCUT2D eigenvalue weighted by molar-refractivity contribution is 9.11. The van der Waals surface area contributed by atoms with E-state index in [-0.39, 0.29) is 12.5 Å². The van der Waals surface area contributed by atoms with E-state index in [9.17, 15) is 4.79 Å². The van der Waals surface area contributed by atoms with Gasteiger partial charge in [0.25, 0.3) is 5.91 Å². The molecule has 1 N–H and O–H groups in total. The van der Waals surface area contributed by atoms with Gasteiger partial charge in [-0.05, 0) is 67.8 Å². The van der Waals surface area contributed by atoms with Crippen LogP contribution in [0, 0.1) is 0 Å². The number of nitrogens with one attached hydrogen (secondary N) is 1. The van der Waals surface area contributed by atoms with E-state index < -0.39 is 0 Å². The van der Waals surface area contributed by atoms with Crippen LogP contribution in [0.1, 0.15) is 12.5 Å². The molecule has 1 amide bonds. The minimum atomic E-state index is -0.374. The first kappa shape index (κ1) is 21.8. The number of carbonyl (C=O) groups excluding carboxylic acids is 1. The summed E-state index contributed by atoms with van der Waals surface area (Å²) < 4.78 is 13.6. The molecule has 0 aliphatic carbocycles. The van der Waals surface area contributed by atoms with E-state index in [0.717, 1.165) is 29.8 Å². The van der Waals surface area contributed by atoms with E-state index in [1.54, 1.807) is 6.21 Å². The lowest BCUT2D eigenvalue weighted by Crippen LogP contribution is -2.24. The zero-order chi connectivity index (χ0) is 20.8. The number of ether oxygens (including phenoxy) is 2. The average molecular weight is 585 g/mol. The quantitative estimate of drug-likeness (QED) is 0.271. The SMILES string of the molecule is CCOc1ccc2ccccc2c1C=NNC(=O)COc1c(Br)cc(Br)cc1Br. The van der Waals surface area contributed by atoms with Crippen LogP contribution in [0.4, 0.5) is 0 Å². The van der Waals surface area contributed by atoms with Crippen LogP contribution >= 0.6 is 47.8 Å². The summed E-state index contributed by atoms with van der Waals surface area (Å²) in [5.41, 5.74) is 3.31. The number of hydrazone groups is 1. The molecular weight excluding hydrogens is 568 g/mol. The molecule has 0 radical (unpaired) electrons. The van der Waals surface area contributed by atoms with Crippen molar-refractivity contribution in [3.63, 3.8) is 0 Å². The van der Waals surface area contributed by atoms with E-state index in [1.807, 2.05) is 55.5 Å². The molecule has 8 heteroatoms. The van der Waals surface area contributed by atoms with E-state index in [2.05, 4.69) is 58.3 Å². The van der Waals surface area contributed by atoms with Crippen LogP contribution < -0.4 is 14.9 Å². The predicted octanol–water partition coefficient (Wildman–Crippen LogP) is 6.06. The number of carbonyl (C=O) groups is 1. The molecule has 150 valence electrons. The van der Waals surface area contributed by atoms with Gasteiger partial charge in [-0.1, -0.05) is 46.3 Å². The number of rotatable bonds is 7. The number of halogens is 3. The Morgan fingerprint density at radius 3 is 2.52 bits per heavy atom. The first-order chi connectivity index (χ1) is 14.0. The number of nitrogens with zero attached hydrogens (tertiary/aromatic N) is 1. The summed E-state index contributed by atoms with van der Waals surface area (Å²) in [5.74, 6) is 0.879. The number of benzene rings is 3. The smallest absolute Gasteiger partial charge is 0.277 e. The first-order valence-corrected chi connectivity index (χ1v) is 11.1. The number of amides is 1. The summed E-state index contributed by atoms with van der Waals surface area (Å²) >= 11 is 10.2. The molecule has 0 atom stereocenters. The normalized spacial score (nSPS) is 11.0. The van der Waals surface area contributed by atoms with Crippen LogP contribution in [-0.4, -0.2) is 25.3 Å². The Hall–Kier alpha value is -1.90.